The topological polar surface area (TPSA) is 42.1 Å². The van der Waals surface area contributed by atoms with Crippen LogP contribution in [-0.4, -0.2) is 11.5 Å². The van der Waals surface area contributed by atoms with Crippen molar-refractivity contribution in [2.45, 2.75) is 19.9 Å². The highest BCUT2D eigenvalue weighted by Crippen LogP contribution is 2.20. The van der Waals surface area contributed by atoms with E-state index in [1.54, 1.807) is 0 Å². The molecule has 0 aliphatic carbocycles. The molecular weight excluding hydrogens is 302 g/mol. The zero-order valence-corrected chi connectivity index (χ0v) is 12.6. The van der Waals surface area contributed by atoms with Gasteiger partial charge in [0.15, 0.2) is 0 Å². The van der Waals surface area contributed by atoms with E-state index >= 15 is 0 Å². The van der Waals surface area contributed by atoms with Crippen molar-refractivity contribution in [2.75, 3.05) is 17.2 Å². The molecule has 0 unspecified atom stereocenters. The normalized spacial score (nSPS) is 10.4. The van der Waals surface area contributed by atoms with Gasteiger partial charge in [0.1, 0.15) is 5.82 Å². The monoisotopic (exact) mass is 319 g/mol. The number of nitrogens with two attached hydrogens (primary N) is 1. The number of halogens is 1. The van der Waals surface area contributed by atoms with Crippen LogP contribution in [0, 0.1) is 0 Å². The third-order valence-electron chi connectivity index (χ3n) is 2.95. The lowest BCUT2D eigenvalue weighted by Gasteiger charge is -2.24. The first-order chi connectivity index (χ1) is 9.20. The van der Waals surface area contributed by atoms with Crippen LogP contribution in [0.15, 0.2) is 47.1 Å². The predicted molar refractivity (Wildman–Crippen MR) is 84.1 cm³/mol. The highest BCUT2D eigenvalue weighted by atomic mass is 79.9. The summed E-state index contributed by atoms with van der Waals surface area (Å²) in [5.74, 6) is 0.980. The third-order valence-corrected chi connectivity index (χ3v) is 3.41. The Morgan fingerprint density at radius 3 is 2.63 bits per heavy atom. The van der Waals surface area contributed by atoms with Gasteiger partial charge in [-0.2, -0.15) is 0 Å². The number of pyridine rings is 1. The fraction of sp³-hybridized carbons (Fsp3) is 0.267. The summed E-state index contributed by atoms with van der Waals surface area (Å²) in [6.45, 7) is 3.91. The highest BCUT2D eigenvalue weighted by molar-refractivity contribution is 9.10. The molecule has 0 fully saturated rings. The average Bonchev–Trinajstić information content (AvgIpc) is 2.42. The fourth-order valence-electron chi connectivity index (χ4n) is 1.98. The second-order valence-corrected chi connectivity index (χ2v) is 5.37. The van der Waals surface area contributed by atoms with Gasteiger partial charge in [0.2, 0.25) is 0 Å². The summed E-state index contributed by atoms with van der Waals surface area (Å²) in [6.07, 6.45) is 2.90. The molecule has 0 radical (unpaired) electrons. The fourth-order valence-corrected chi connectivity index (χ4v) is 2.22. The van der Waals surface area contributed by atoms with Gasteiger partial charge in [-0.3, -0.25) is 0 Å². The number of aromatic nitrogens is 1. The molecule has 0 saturated heterocycles. The van der Waals surface area contributed by atoms with E-state index in [1.165, 1.54) is 0 Å². The standard InChI is InChI=1S/C15H18BrN3/c1-2-9-19(15-8-7-13(16)10-18-15)11-12-5-3-4-6-14(12)17/h3-8,10H,2,9,11,17H2,1H3. The van der Waals surface area contributed by atoms with Crippen LogP contribution in [0.25, 0.3) is 0 Å². The number of nitrogens with zero attached hydrogens (tertiary/aromatic N) is 2. The molecule has 0 bridgehead atoms. The number of benzene rings is 1. The van der Waals surface area contributed by atoms with Crippen molar-refractivity contribution in [1.82, 2.24) is 4.98 Å². The minimum atomic E-state index is 0.787. The molecule has 0 saturated carbocycles. The SMILES string of the molecule is CCCN(Cc1ccccc1N)c1ccc(Br)cn1. The second kappa shape index (κ2) is 6.57. The molecule has 0 aliphatic rings. The number of hydrogen-bond acceptors (Lipinski definition) is 3. The number of para-hydroxylation sites is 1. The van der Waals surface area contributed by atoms with Crippen LogP contribution in [0.4, 0.5) is 11.5 Å². The Balaban J connectivity index is 2.21. The zero-order valence-electron chi connectivity index (χ0n) is 11.0. The lowest BCUT2D eigenvalue weighted by Crippen LogP contribution is -2.24. The molecule has 3 nitrogen and oxygen atoms in total. The molecule has 2 N–H and O–H groups in total. The van der Waals surface area contributed by atoms with E-state index in [4.69, 9.17) is 5.73 Å². The summed E-state index contributed by atoms with van der Waals surface area (Å²) >= 11 is 3.41. The van der Waals surface area contributed by atoms with Gasteiger partial charge in [-0.1, -0.05) is 25.1 Å². The first-order valence-electron chi connectivity index (χ1n) is 6.40. The summed E-state index contributed by atoms with van der Waals surface area (Å²) < 4.78 is 0.993. The van der Waals surface area contributed by atoms with Crippen molar-refractivity contribution in [3.8, 4) is 0 Å². The summed E-state index contributed by atoms with van der Waals surface area (Å²) in [6, 6.07) is 12.0. The van der Waals surface area contributed by atoms with Gasteiger partial charge in [-0.05, 0) is 46.1 Å². The molecular formula is C15H18BrN3. The minimum absolute atomic E-state index is 0.787. The van der Waals surface area contributed by atoms with Crippen molar-refractivity contribution in [3.63, 3.8) is 0 Å². The van der Waals surface area contributed by atoms with Gasteiger partial charge in [0.05, 0.1) is 0 Å². The number of rotatable bonds is 5. The molecule has 1 aromatic heterocycles. The molecule has 0 aliphatic heterocycles. The van der Waals surface area contributed by atoms with Gasteiger partial charge in [0.25, 0.3) is 0 Å². The number of anilines is 2. The molecule has 1 aromatic carbocycles. The number of hydrogen-bond donors (Lipinski definition) is 1. The van der Waals surface area contributed by atoms with Crippen molar-refractivity contribution in [3.05, 3.63) is 52.6 Å². The first-order valence-corrected chi connectivity index (χ1v) is 7.20. The highest BCUT2D eigenvalue weighted by Gasteiger charge is 2.09. The first kappa shape index (κ1) is 13.9. The summed E-state index contributed by atoms with van der Waals surface area (Å²) in [4.78, 5) is 6.71. The van der Waals surface area contributed by atoms with Crippen molar-refractivity contribution < 1.29 is 0 Å². The summed E-state index contributed by atoms with van der Waals surface area (Å²) in [5, 5.41) is 0. The van der Waals surface area contributed by atoms with E-state index < -0.39 is 0 Å². The van der Waals surface area contributed by atoms with Crippen LogP contribution in [0.1, 0.15) is 18.9 Å². The van der Waals surface area contributed by atoms with Crippen LogP contribution >= 0.6 is 15.9 Å². The molecule has 0 amide bonds. The quantitative estimate of drug-likeness (QED) is 0.851. The van der Waals surface area contributed by atoms with Crippen LogP contribution in [0.5, 0.6) is 0 Å². The zero-order chi connectivity index (χ0) is 13.7. The largest absolute Gasteiger partial charge is 0.398 e. The van der Waals surface area contributed by atoms with Crippen LogP contribution in [0.3, 0.4) is 0 Å². The van der Waals surface area contributed by atoms with Gasteiger partial charge in [0, 0.05) is 29.4 Å². The lowest BCUT2D eigenvalue weighted by atomic mass is 10.1. The molecule has 2 aromatic rings. The lowest BCUT2D eigenvalue weighted by molar-refractivity contribution is 0.755. The maximum absolute atomic E-state index is 6.01. The Hall–Kier alpha value is -1.55. The molecule has 1 heterocycles. The average molecular weight is 320 g/mol. The number of nitrogen functional groups attached to an aromatic ring is 1. The molecule has 2 rings (SSSR count). The van der Waals surface area contributed by atoms with Gasteiger partial charge in [-0.15, -0.1) is 0 Å². The Morgan fingerprint density at radius 1 is 1.21 bits per heavy atom. The Labute approximate surface area is 122 Å². The molecule has 4 heteroatoms. The van der Waals surface area contributed by atoms with Crippen LogP contribution < -0.4 is 10.6 Å². The van der Waals surface area contributed by atoms with E-state index in [1.807, 2.05) is 36.5 Å². The van der Waals surface area contributed by atoms with E-state index in [0.29, 0.717) is 0 Å². The van der Waals surface area contributed by atoms with E-state index in [2.05, 4.69) is 38.8 Å². The Bertz CT molecular complexity index is 525. The summed E-state index contributed by atoms with van der Waals surface area (Å²) in [5.41, 5.74) is 7.99. The predicted octanol–water partition coefficient (Wildman–Crippen LogP) is 3.84. The maximum atomic E-state index is 6.01. The smallest absolute Gasteiger partial charge is 0.128 e. The van der Waals surface area contributed by atoms with Crippen molar-refractivity contribution in [1.29, 1.82) is 0 Å². The molecule has 0 spiro atoms. The van der Waals surface area contributed by atoms with Gasteiger partial charge >= 0.3 is 0 Å². The van der Waals surface area contributed by atoms with E-state index in [-0.39, 0.29) is 0 Å². The molecule has 100 valence electrons. The van der Waals surface area contributed by atoms with Gasteiger partial charge in [-0.25, -0.2) is 4.98 Å². The van der Waals surface area contributed by atoms with Crippen molar-refractivity contribution >= 4 is 27.4 Å². The van der Waals surface area contributed by atoms with Crippen LogP contribution in [-0.2, 0) is 6.54 Å². The Kier molecular flexibility index (Phi) is 4.80. The van der Waals surface area contributed by atoms with E-state index in [9.17, 15) is 0 Å². The minimum Gasteiger partial charge on any atom is -0.398 e. The molecule has 19 heavy (non-hydrogen) atoms. The molecule has 0 atom stereocenters. The van der Waals surface area contributed by atoms with Gasteiger partial charge < -0.3 is 10.6 Å². The van der Waals surface area contributed by atoms with Crippen LogP contribution in [0.2, 0.25) is 0 Å². The van der Waals surface area contributed by atoms with Crippen molar-refractivity contribution in [2.24, 2.45) is 0 Å². The maximum Gasteiger partial charge on any atom is 0.128 e. The second-order valence-electron chi connectivity index (χ2n) is 4.45. The summed E-state index contributed by atoms with van der Waals surface area (Å²) in [7, 11) is 0. The third kappa shape index (κ3) is 3.70. The van der Waals surface area contributed by atoms with E-state index in [0.717, 1.165) is 41.1 Å². The Morgan fingerprint density at radius 2 is 2.00 bits per heavy atom.